The molecule has 0 aromatic heterocycles. The molecule has 2 aromatic rings. The average Bonchev–Trinajstić information content (AvgIpc) is 2.54. The molecular weight excluding hydrogens is 302 g/mol. The Balaban J connectivity index is 1.93. The summed E-state index contributed by atoms with van der Waals surface area (Å²) in [7, 11) is -3.78. The zero-order valence-corrected chi connectivity index (χ0v) is 12.4. The van der Waals surface area contributed by atoms with Gasteiger partial charge in [-0.1, -0.05) is 18.2 Å². The Hall–Kier alpha value is -2.72. The lowest BCUT2D eigenvalue weighted by atomic mass is 10.2. The average molecular weight is 315 g/mol. The number of hydrogen-bond donors (Lipinski definition) is 1. The molecule has 22 heavy (non-hydrogen) atoms. The van der Waals surface area contributed by atoms with Crippen molar-refractivity contribution in [2.45, 2.75) is 0 Å². The summed E-state index contributed by atoms with van der Waals surface area (Å²) in [6.45, 7) is 0.514. The van der Waals surface area contributed by atoms with Crippen LogP contribution in [-0.4, -0.2) is 21.6 Å². The van der Waals surface area contributed by atoms with Gasteiger partial charge in [-0.15, -0.1) is 0 Å². The fourth-order valence-electron chi connectivity index (χ4n) is 2.25. The quantitative estimate of drug-likeness (QED) is 0.940. The van der Waals surface area contributed by atoms with Crippen LogP contribution in [0.1, 0.15) is 5.56 Å². The molecule has 0 bridgehead atoms. The zero-order chi connectivity index (χ0) is 15.6. The van der Waals surface area contributed by atoms with Crippen LogP contribution in [0.5, 0.6) is 5.75 Å². The molecule has 1 heterocycles. The van der Waals surface area contributed by atoms with E-state index in [4.69, 9.17) is 10.00 Å². The number of benzene rings is 2. The number of hydrogen-bond acceptors (Lipinski definition) is 4. The molecule has 0 atom stereocenters. The van der Waals surface area contributed by atoms with Crippen LogP contribution < -0.4 is 13.8 Å². The second-order valence-electron chi connectivity index (χ2n) is 4.69. The van der Waals surface area contributed by atoms with Gasteiger partial charge in [0.05, 0.1) is 29.6 Å². The normalized spacial score (nSPS) is 13.7. The Kier molecular flexibility index (Phi) is 3.61. The lowest BCUT2D eigenvalue weighted by Gasteiger charge is -2.30. The van der Waals surface area contributed by atoms with Gasteiger partial charge in [0.1, 0.15) is 12.4 Å². The van der Waals surface area contributed by atoms with Gasteiger partial charge < -0.3 is 4.74 Å². The third-order valence-corrected chi connectivity index (χ3v) is 4.67. The fraction of sp³-hybridized carbons (Fsp3) is 0.133. The first kappa shape index (κ1) is 14.2. The summed E-state index contributed by atoms with van der Waals surface area (Å²) in [4.78, 5) is 0. The maximum Gasteiger partial charge on any atom is 0.324 e. The number of para-hydroxylation sites is 2. The number of anilines is 2. The first-order chi connectivity index (χ1) is 10.6. The van der Waals surface area contributed by atoms with Gasteiger partial charge in [-0.25, -0.2) is 4.31 Å². The molecular formula is C15H13N3O3S. The van der Waals surface area contributed by atoms with Crippen LogP contribution in [0.15, 0.2) is 48.5 Å². The van der Waals surface area contributed by atoms with E-state index < -0.39 is 10.2 Å². The van der Waals surface area contributed by atoms with Crippen molar-refractivity contribution in [1.82, 2.24) is 0 Å². The molecule has 3 rings (SSSR count). The van der Waals surface area contributed by atoms with E-state index >= 15 is 0 Å². The summed E-state index contributed by atoms with van der Waals surface area (Å²) in [5, 5.41) is 8.89. The number of nitrogens with zero attached hydrogens (tertiary/aromatic N) is 2. The van der Waals surface area contributed by atoms with Gasteiger partial charge in [-0.2, -0.15) is 13.7 Å². The largest absolute Gasteiger partial charge is 0.489 e. The molecule has 1 N–H and O–H groups in total. The van der Waals surface area contributed by atoms with Crippen molar-refractivity contribution in [3.05, 3.63) is 54.1 Å². The summed E-state index contributed by atoms with van der Waals surface area (Å²) >= 11 is 0. The molecule has 1 aliphatic rings. The summed E-state index contributed by atoms with van der Waals surface area (Å²) in [6.07, 6.45) is 0. The van der Waals surface area contributed by atoms with Gasteiger partial charge in [0.2, 0.25) is 0 Å². The number of fused-ring (bicyclic) bond motifs is 1. The second-order valence-corrected chi connectivity index (χ2v) is 6.28. The van der Waals surface area contributed by atoms with Crippen molar-refractivity contribution >= 4 is 21.6 Å². The highest BCUT2D eigenvalue weighted by Crippen LogP contribution is 2.33. The summed E-state index contributed by atoms with van der Waals surface area (Å²) in [6, 6.07) is 15.3. The van der Waals surface area contributed by atoms with Gasteiger partial charge in [0, 0.05) is 0 Å². The van der Waals surface area contributed by atoms with Crippen molar-refractivity contribution in [2.75, 3.05) is 22.2 Å². The minimum atomic E-state index is -3.78. The van der Waals surface area contributed by atoms with E-state index in [1.54, 1.807) is 42.5 Å². The fourth-order valence-corrected chi connectivity index (χ4v) is 3.51. The number of rotatable bonds is 3. The molecule has 0 saturated carbocycles. The minimum absolute atomic E-state index is 0.226. The molecule has 1 aliphatic heterocycles. The number of nitriles is 1. The minimum Gasteiger partial charge on any atom is -0.489 e. The van der Waals surface area contributed by atoms with Gasteiger partial charge in [0.15, 0.2) is 0 Å². The van der Waals surface area contributed by atoms with E-state index in [1.807, 2.05) is 6.07 Å². The van der Waals surface area contributed by atoms with Gasteiger partial charge in [-0.3, -0.25) is 4.72 Å². The highest BCUT2D eigenvalue weighted by molar-refractivity contribution is 7.94. The Morgan fingerprint density at radius 2 is 2.00 bits per heavy atom. The molecule has 0 amide bonds. The van der Waals surface area contributed by atoms with Crippen LogP contribution in [0.2, 0.25) is 0 Å². The number of ether oxygens (including phenoxy) is 1. The standard InChI is InChI=1S/C15H13N3O3S/c16-11-12-4-3-5-13(10-12)17-22(19,20)18-8-9-21-15-7-2-1-6-14(15)18/h1-7,10,17H,8-9H2. The lowest BCUT2D eigenvalue weighted by molar-refractivity contribution is 0.316. The topological polar surface area (TPSA) is 82.4 Å². The van der Waals surface area contributed by atoms with Gasteiger partial charge in [-0.05, 0) is 30.3 Å². The molecule has 0 saturated heterocycles. The van der Waals surface area contributed by atoms with E-state index in [9.17, 15) is 8.42 Å². The second kappa shape index (κ2) is 5.58. The molecule has 6 nitrogen and oxygen atoms in total. The lowest BCUT2D eigenvalue weighted by Crippen LogP contribution is -2.41. The highest BCUT2D eigenvalue weighted by Gasteiger charge is 2.28. The van der Waals surface area contributed by atoms with Crippen molar-refractivity contribution in [3.63, 3.8) is 0 Å². The molecule has 0 spiro atoms. The summed E-state index contributed by atoms with van der Waals surface area (Å²) in [5.74, 6) is 0.532. The van der Waals surface area contributed by atoms with Crippen LogP contribution in [-0.2, 0) is 10.2 Å². The van der Waals surface area contributed by atoms with Crippen LogP contribution in [0.4, 0.5) is 11.4 Å². The van der Waals surface area contributed by atoms with Crippen molar-refractivity contribution in [1.29, 1.82) is 5.26 Å². The van der Waals surface area contributed by atoms with E-state index in [0.29, 0.717) is 22.7 Å². The van der Waals surface area contributed by atoms with Crippen molar-refractivity contribution in [2.24, 2.45) is 0 Å². The Labute approximate surface area is 128 Å². The maximum absolute atomic E-state index is 12.6. The first-order valence-corrected chi connectivity index (χ1v) is 8.07. The molecule has 7 heteroatoms. The molecule has 0 fully saturated rings. The Bertz CT molecular complexity index is 843. The van der Waals surface area contributed by atoms with E-state index in [2.05, 4.69) is 4.72 Å². The van der Waals surface area contributed by atoms with E-state index in [0.717, 1.165) is 0 Å². The highest BCUT2D eigenvalue weighted by atomic mass is 32.2. The SMILES string of the molecule is N#Cc1cccc(NS(=O)(=O)N2CCOc3ccccc32)c1. The van der Waals surface area contributed by atoms with Crippen LogP contribution in [0, 0.1) is 11.3 Å². The molecule has 2 aromatic carbocycles. The zero-order valence-electron chi connectivity index (χ0n) is 11.6. The predicted molar refractivity (Wildman–Crippen MR) is 83.0 cm³/mol. The third-order valence-electron chi connectivity index (χ3n) is 3.21. The van der Waals surface area contributed by atoms with E-state index in [1.165, 1.54) is 10.4 Å². The smallest absolute Gasteiger partial charge is 0.324 e. The maximum atomic E-state index is 12.6. The monoisotopic (exact) mass is 315 g/mol. The Morgan fingerprint density at radius 3 is 2.82 bits per heavy atom. The third kappa shape index (κ3) is 2.69. The Morgan fingerprint density at radius 1 is 1.18 bits per heavy atom. The van der Waals surface area contributed by atoms with Crippen LogP contribution in [0.3, 0.4) is 0 Å². The summed E-state index contributed by atoms with van der Waals surface area (Å²) in [5.41, 5.74) is 1.24. The van der Waals surface area contributed by atoms with E-state index in [-0.39, 0.29) is 13.2 Å². The molecule has 112 valence electrons. The van der Waals surface area contributed by atoms with Gasteiger partial charge >= 0.3 is 10.2 Å². The molecule has 0 aliphatic carbocycles. The van der Waals surface area contributed by atoms with Gasteiger partial charge in [0.25, 0.3) is 0 Å². The summed E-state index contributed by atoms with van der Waals surface area (Å²) < 4.78 is 34.4. The first-order valence-electron chi connectivity index (χ1n) is 6.62. The van der Waals surface area contributed by atoms with Crippen LogP contribution >= 0.6 is 0 Å². The van der Waals surface area contributed by atoms with Crippen molar-refractivity contribution in [3.8, 4) is 11.8 Å². The number of nitrogens with one attached hydrogen (secondary N) is 1. The predicted octanol–water partition coefficient (Wildman–Crippen LogP) is 2.11. The molecule has 0 radical (unpaired) electrons. The van der Waals surface area contributed by atoms with Crippen LogP contribution in [0.25, 0.3) is 0 Å². The van der Waals surface area contributed by atoms with Crippen molar-refractivity contribution < 1.29 is 13.2 Å². The molecule has 0 unspecified atom stereocenters.